The van der Waals surface area contributed by atoms with Crippen LogP contribution < -0.4 is 4.90 Å². The number of nitrogens with zero attached hydrogens (tertiary/aromatic N) is 2. The highest BCUT2D eigenvalue weighted by Gasteiger charge is 2.30. The van der Waals surface area contributed by atoms with Crippen molar-refractivity contribution < 1.29 is 9.53 Å². The maximum absolute atomic E-state index is 11.5. The first kappa shape index (κ1) is 12.6. The van der Waals surface area contributed by atoms with Crippen molar-refractivity contribution in [2.75, 3.05) is 18.6 Å². The van der Waals surface area contributed by atoms with Gasteiger partial charge in [-0.05, 0) is 19.3 Å². The standard InChI is InChI=1S/C11H15ClN2O2S/c1-6-4-7(2)14(5-6)11-13-9(12)8(17-11)10(15)16-3/h6-7H,4-5H2,1-3H3. The lowest BCUT2D eigenvalue weighted by Crippen LogP contribution is -2.26. The summed E-state index contributed by atoms with van der Waals surface area (Å²) in [5.41, 5.74) is 0. The van der Waals surface area contributed by atoms with Crippen molar-refractivity contribution in [2.24, 2.45) is 5.92 Å². The molecule has 6 heteroatoms. The van der Waals surface area contributed by atoms with E-state index >= 15 is 0 Å². The zero-order chi connectivity index (χ0) is 12.6. The SMILES string of the molecule is COC(=O)c1sc(N2CC(C)CC2C)nc1Cl. The predicted molar refractivity (Wildman–Crippen MR) is 69.1 cm³/mol. The van der Waals surface area contributed by atoms with Gasteiger partial charge in [0.1, 0.15) is 0 Å². The van der Waals surface area contributed by atoms with E-state index in [0.29, 0.717) is 16.8 Å². The molecule has 0 aliphatic carbocycles. The third-order valence-electron chi connectivity index (χ3n) is 2.97. The van der Waals surface area contributed by atoms with Crippen LogP contribution in [-0.2, 0) is 4.74 Å². The third-order valence-corrected chi connectivity index (χ3v) is 4.43. The molecule has 1 aromatic rings. The van der Waals surface area contributed by atoms with E-state index in [-0.39, 0.29) is 5.15 Å². The molecule has 1 fully saturated rings. The number of hydrogen-bond acceptors (Lipinski definition) is 5. The number of rotatable bonds is 2. The largest absolute Gasteiger partial charge is 0.465 e. The normalized spacial score (nSPS) is 24.1. The minimum Gasteiger partial charge on any atom is -0.465 e. The number of thiazole rings is 1. The van der Waals surface area contributed by atoms with E-state index < -0.39 is 5.97 Å². The third kappa shape index (κ3) is 2.40. The Hall–Kier alpha value is -0.810. The molecule has 1 aromatic heterocycles. The van der Waals surface area contributed by atoms with Gasteiger partial charge in [-0.2, -0.15) is 0 Å². The van der Waals surface area contributed by atoms with Crippen LogP contribution in [0.2, 0.25) is 5.15 Å². The van der Waals surface area contributed by atoms with Crippen molar-refractivity contribution in [3.05, 3.63) is 10.0 Å². The topological polar surface area (TPSA) is 42.4 Å². The molecule has 0 aromatic carbocycles. The molecule has 2 atom stereocenters. The summed E-state index contributed by atoms with van der Waals surface area (Å²) in [6, 6.07) is 0.442. The molecule has 1 aliphatic rings. The van der Waals surface area contributed by atoms with Crippen molar-refractivity contribution >= 4 is 34.0 Å². The van der Waals surface area contributed by atoms with Crippen molar-refractivity contribution in [1.29, 1.82) is 0 Å². The Bertz CT molecular complexity index is 435. The molecule has 0 spiro atoms. The molecule has 0 bridgehead atoms. The number of carbonyl (C=O) groups is 1. The number of methoxy groups -OCH3 is 1. The van der Waals surface area contributed by atoms with Crippen molar-refractivity contribution in [2.45, 2.75) is 26.3 Å². The Balaban J connectivity index is 2.26. The Kier molecular flexibility index (Phi) is 3.58. The summed E-state index contributed by atoms with van der Waals surface area (Å²) in [5.74, 6) is 0.230. The van der Waals surface area contributed by atoms with Crippen LogP contribution in [0.25, 0.3) is 0 Å². The minimum atomic E-state index is -0.418. The van der Waals surface area contributed by atoms with Crippen molar-refractivity contribution in [3.63, 3.8) is 0 Å². The highest BCUT2D eigenvalue weighted by atomic mass is 35.5. The van der Waals surface area contributed by atoms with Gasteiger partial charge in [0.2, 0.25) is 0 Å². The molecule has 0 saturated carbocycles. The second kappa shape index (κ2) is 4.82. The van der Waals surface area contributed by atoms with Gasteiger partial charge in [0, 0.05) is 12.6 Å². The summed E-state index contributed by atoms with van der Waals surface area (Å²) < 4.78 is 4.67. The van der Waals surface area contributed by atoms with Gasteiger partial charge in [-0.15, -0.1) is 0 Å². The average Bonchev–Trinajstić information content (AvgIpc) is 2.80. The molecule has 2 rings (SSSR count). The van der Waals surface area contributed by atoms with Crippen LogP contribution >= 0.6 is 22.9 Å². The van der Waals surface area contributed by atoms with E-state index in [2.05, 4.69) is 28.5 Å². The lowest BCUT2D eigenvalue weighted by molar-refractivity contribution is 0.0606. The number of anilines is 1. The van der Waals surface area contributed by atoms with Crippen molar-refractivity contribution in [3.8, 4) is 0 Å². The van der Waals surface area contributed by atoms with Crippen LogP contribution in [0, 0.1) is 5.92 Å². The Morgan fingerprint density at radius 1 is 1.59 bits per heavy atom. The van der Waals surface area contributed by atoms with E-state index in [1.807, 2.05) is 0 Å². The summed E-state index contributed by atoms with van der Waals surface area (Å²) in [6.07, 6.45) is 1.14. The number of esters is 1. The Labute approximate surface area is 110 Å². The van der Waals surface area contributed by atoms with Gasteiger partial charge in [0.15, 0.2) is 15.2 Å². The summed E-state index contributed by atoms with van der Waals surface area (Å²) in [5, 5.41) is 1.05. The molecule has 94 valence electrons. The second-order valence-corrected chi connectivity index (χ2v) is 5.79. The second-order valence-electron chi connectivity index (χ2n) is 4.45. The molecule has 2 unspecified atom stereocenters. The summed E-state index contributed by atoms with van der Waals surface area (Å²) >= 11 is 7.26. The number of carbonyl (C=O) groups excluding carboxylic acids is 1. The Morgan fingerprint density at radius 2 is 2.29 bits per heavy atom. The minimum absolute atomic E-state index is 0.239. The van der Waals surface area contributed by atoms with Gasteiger partial charge in [0.25, 0.3) is 0 Å². The zero-order valence-corrected chi connectivity index (χ0v) is 11.6. The highest BCUT2D eigenvalue weighted by molar-refractivity contribution is 7.18. The molecule has 17 heavy (non-hydrogen) atoms. The monoisotopic (exact) mass is 274 g/mol. The maximum atomic E-state index is 11.5. The average molecular weight is 275 g/mol. The molecule has 2 heterocycles. The highest BCUT2D eigenvalue weighted by Crippen LogP contribution is 2.35. The van der Waals surface area contributed by atoms with Crippen LogP contribution in [0.1, 0.15) is 29.9 Å². The summed E-state index contributed by atoms with van der Waals surface area (Å²) in [4.78, 5) is 18.3. The van der Waals surface area contributed by atoms with Gasteiger partial charge < -0.3 is 9.64 Å². The number of aromatic nitrogens is 1. The first-order valence-electron chi connectivity index (χ1n) is 5.54. The van der Waals surface area contributed by atoms with E-state index in [1.54, 1.807) is 0 Å². The lowest BCUT2D eigenvalue weighted by Gasteiger charge is -2.19. The van der Waals surface area contributed by atoms with E-state index in [0.717, 1.165) is 18.1 Å². The number of ether oxygens (including phenoxy) is 1. The van der Waals surface area contributed by atoms with E-state index in [9.17, 15) is 4.79 Å². The molecule has 1 aliphatic heterocycles. The molecule has 0 amide bonds. The summed E-state index contributed by atoms with van der Waals surface area (Å²) in [6.45, 7) is 5.34. The Morgan fingerprint density at radius 3 is 2.82 bits per heavy atom. The van der Waals surface area contributed by atoms with Crippen molar-refractivity contribution in [1.82, 2.24) is 4.98 Å². The van der Waals surface area contributed by atoms with Gasteiger partial charge in [0.05, 0.1) is 7.11 Å². The molecular formula is C11H15ClN2O2S. The van der Waals surface area contributed by atoms with Crippen LogP contribution in [0.4, 0.5) is 5.13 Å². The van der Waals surface area contributed by atoms with Gasteiger partial charge >= 0.3 is 5.97 Å². The molecule has 1 saturated heterocycles. The fourth-order valence-electron chi connectivity index (χ4n) is 2.20. The van der Waals surface area contributed by atoms with Crippen LogP contribution in [0.15, 0.2) is 0 Å². The maximum Gasteiger partial charge on any atom is 0.351 e. The predicted octanol–water partition coefficient (Wildman–Crippen LogP) is 2.82. The molecule has 0 N–H and O–H groups in total. The van der Waals surface area contributed by atoms with Crippen LogP contribution in [-0.4, -0.2) is 30.6 Å². The quantitative estimate of drug-likeness (QED) is 0.778. The van der Waals surface area contributed by atoms with Crippen LogP contribution in [0.3, 0.4) is 0 Å². The number of hydrogen-bond donors (Lipinski definition) is 0. The fourth-order valence-corrected chi connectivity index (χ4v) is 3.51. The summed E-state index contributed by atoms with van der Waals surface area (Å²) in [7, 11) is 1.35. The smallest absolute Gasteiger partial charge is 0.351 e. The van der Waals surface area contributed by atoms with E-state index in [4.69, 9.17) is 11.6 Å². The fraction of sp³-hybridized carbons (Fsp3) is 0.636. The first-order valence-corrected chi connectivity index (χ1v) is 6.73. The first-order chi connectivity index (χ1) is 8.02. The van der Waals surface area contributed by atoms with Gasteiger partial charge in [-0.25, -0.2) is 9.78 Å². The lowest BCUT2D eigenvalue weighted by atomic mass is 10.1. The molecular weight excluding hydrogens is 260 g/mol. The molecule has 4 nitrogen and oxygen atoms in total. The zero-order valence-electron chi connectivity index (χ0n) is 10.1. The van der Waals surface area contributed by atoms with E-state index in [1.165, 1.54) is 18.4 Å². The number of halogens is 1. The van der Waals surface area contributed by atoms with Crippen LogP contribution in [0.5, 0.6) is 0 Å². The molecule has 0 radical (unpaired) electrons. The van der Waals surface area contributed by atoms with Gasteiger partial charge in [-0.3, -0.25) is 0 Å². The van der Waals surface area contributed by atoms with Gasteiger partial charge in [-0.1, -0.05) is 29.9 Å².